The first-order chi connectivity index (χ1) is 11.6. The monoisotopic (exact) mass is 329 g/mol. The zero-order chi connectivity index (χ0) is 16.9. The molecule has 3 heterocycles. The second-order valence-electron chi connectivity index (χ2n) is 6.03. The lowest BCUT2D eigenvalue weighted by atomic mass is 9.97. The number of hydrogen-bond acceptors (Lipinski definition) is 4. The third-order valence-electron chi connectivity index (χ3n) is 4.32. The molecule has 0 aliphatic carbocycles. The number of carbonyl (C=O) groups excluding carboxylic acids is 1. The van der Waals surface area contributed by atoms with Gasteiger partial charge in [0.25, 0.3) is 5.91 Å². The summed E-state index contributed by atoms with van der Waals surface area (Å²) in [4.78, 5) is 22.0. The Morgan fingerprint density at radius 2 is 2.12 bits per heavy atom. The summed E-state index contributed by atoms with van der Waals surface area (Å²) in [5, 5.41) is 0. The molecule has 2 aromatic rings. The molecule has 0 radical (unpaired) electrons. The lowest BCUT2D eigenvalue weighted by Crippen LogP contribution is -2.40. The van der Waals surface area contributed by atoms with E-state index in [1.807, 2.05) is 19.1 Å². The van der Waals surface area contributed by atoms with E-state index in [4.69, 9.17) is 4.74 Å². The van der Waals surface area contributed by atoms with E-state index in [-0.39, 0.29) is 11.5 Å². The molecule has 0 spiro atoms. The minimum absolute atomic E-state index is 0.0869. The van der Waals surface area contributed by atoms with Crippen molar-refractivity contribution in [3.8, 4) is 5.88 Å². The number of piperidine rings is 1. The molecule has 0 unspecified atom stereocenters. The van der Waals surface area contributed by atoms with Crippen LogP contribution in [0.3, 0.4) is 0 Å². The number of pyridine rings is 2. The van der Waals surface area contributed by atoms with Crippen LogP contribution < -0.4 is 4.74 Å². The number of hydrogen-bond donors (Lipinski definition) is 0. The van der Waals surface area contributed by atoms with Crippen molar-refractivity contribution < 1.29 is 13.9 Å². The van der Waals surface area contributed by atoms with Gasteiger partial charge in [-0.25, -0.2) is 9.37 Å². The largest absolute Gasteiger partial charge is 0.477 e. The molecule has 1 saturated heterocycles. The Morgan fingerprint density at radius 3 is 2.83 bits per heavy atom. The van der Waals surface area contributed by atoms with Crippen LogP contribution in [-0.2, 0) is 0 Å². The fourth-order valence-corrected chi connectivity index (χ4v) is 2.84. The first-order valence-electron chi connectivity index (χ1n) is 8.08. The molecule has 0 N–H and O–H groups in total. The van der Waals surface area contributed by atoms with Gasteiger partial charge >= 0.3 is 0 Å². The van der Waals surface area contributed by atoms with Crippen LogP contribution in [0.1, 0.15) is 28.8 Å². The van der Waals surface area contributed by atoms with E-state index in [1.165, 1.54) is 12.3 Å². The quantitative estimate of drug-likeness (QED) is 0.865. The Hall–Kier alpha value is -2.50. The summed E-state index contributed by atoms with van der Waals surface area (Å²) in [7, 11) is 0. The second kappa shape index (κ2) is 7.38. The van der Waals surface area contributed by atoms with Gasteiger partial charge in [0.2, 0.25) is 5.88 Å². The summed E-state index contributed by atoms with van der Waals surface area (Å²) in [6.07, 6.45) is 5.90. The minimum Gasteiger partial charge on any atom is -0.477 e. The van der Waals surface area contributed by atoms with Crippen molar-refractivity contribution in [2.75, 3.05) is 19.7 Å². The number of nitrogens with zero attached hydrogens (tertiary/aromatic N) is 3. The summed E-state index contributed by atoms with van der Waals surface area (Å²) >= 11 is 0. The highest BCUT2D eigenvalue weighted by molar-refractivity contribution is 5.94. The molecular weight excluding hydrogens is 309 g/mol. The first kappa shape index (κ1) is 16.4. The van der Waals surface area contributed by atoms with E-state index in [9.17, 15) is 9.18 Å². The van der Waals surface area contributed by atoms with Gasteiger partial charge in [-0.05, 0) is 37.8 Å². The summed E-state index contributed by atoms with van der Waals surface area (Å²) in [5.41, 5.74) is 1.10. The Kier molecular flexibility index (Phi) is 5.03. The van der Waals surface area contributed by atoms with Crippen molar-refractivity contribution >= 4 is 5.91 Å². The summed E-state index contributed by atoms with van der Waals surface area (Å²) in [5.74, 6) is 0.195. The van der Waals surface area contributed by atoms with Gasteiger partial charge in [0.15, 0.2) is 5.82 Å². The van der Waals surface area contributed by atoms with E-state index >= 15 is 0 Å². The number of carbonyl (C=O) groups is 1. The molecule has 1 amide bonds. The summed E-state index contributed by atoms with van der Waals surface area (Å²) in [6.45, 7) is 3.77. The maximum Gasteiger partial charge on any atom is 0.256 e. The lowest BCUT2D eigenvalue weighted by molar-refractivity contribution is 0.0654. The number of halogens is 1. The lowest BCUT2D eigenvalue weighted by Gasteiger charge is -2.32. The second-order valence-corrected chi connectivity index (χ2v) is 6.03. The Balaban J connectivity index is 1.52. The van der Waals surface area contributed by atoms with Crippen LogP contribution in [0.4, 0.5) is 4.39 Å². The molecule has 1 fully saturated rings. The zero-order valence-electron chi connectivity index (χ0n) is 13.6. The molecular formula is C18H20FN3O2. The van der Waals surface area contributed by atoms with Crippen molar-refractivity contribution in [2.45, 2.75) is 19.8 Å². The van der Waals surface area contributed by atoms with Gasteiger partial charge in [0.1, 0.15) is 0 Å². The maximum atomic E-state index is 13.7. The summed E-state index contributed by atoms with van der Waals surface area (Å²) < 4.78 is 19.5. The number of rotatable bonds is 4. The normalized spacial score (nSPS) is 15.3. The van der Waals surface area contributed by atoms with Crippen molar-refractivity contribution in [1.82, 2.24) is 14.9 Å². The molecule has 1 aliphatic heterocycles. The van der Waals surface area contributed by atoms with Gasteiger partial charge < -0.3 is 9.64 Å². The Morgan fingerprint density at radius 1 is 1.33 bits per heavy atom. The molecule has 1 aliphatic rings. The van der Waals surface area contributed by atoms with Gasteiger partial charge in [-0.1, -0.05) is 6.07 Å². The number of likely N-dealkylation sites (tertiary alicyclic amines) is 1. The standard InChI is InChI=1S/C18H20FN3O2/c1-13-3-2-7-21-17(13)24-12-14-5-9-22(10-6-14)18(23)15-4-8-20-11-16(15)19/h2-4,7-8,11,14H,5-6,9-10,12H2,1H3. The van der Waals surface area contributed by atoms with Crippen LogP contribution in [0, 0.1) is 18.7 Å². The maximum absolute atomic E-state index is 13.7. The average Bonchev–Trinajstić information content (AvgIpc) is 2.61. The van der Waals surface area contributed by atoms with Crippen LogP contribution in [0.15, 0.2) is 36.8 Å². The van der Waals surface area contributed by atoms with Gasteiger partial charge in [-0.3, -0.25) is 9.78 Å². The highest BCUT2D eigenvalue weighted by Gasteiger charge is 2.25. The van der Waals surface area contributed by atoms with E-state index in [2.05, 4.69) is 9.97 Å². The SMILES string of the molecule is Cc1cccnc1OCC1CCN(C(=O)c2ccncc2F)CC1. The fourth-order valence-electron chi connectivity index (χ4n) is 2.84. The predicted molar refractivity (Wildman–Crippen MR) is 87.3 cm³/mol. The highest BCUT2D eigenvalue weighted by Crippen LogP contribution is 2.21. The van der Waals surface area contributed by atoms with Crippen molar-refractivity contribution in [3.63, 3.8) is 0 Å². The van der Waals surface area contributed by atoms with Crippen molar-refractivity contribution in [1.29, 1.82) is 0 Å². The van der Waals surface area contributed by atoms with Crippen LogP contribution in [0.2, 0.25) is 0 Å². The zero-order valence-corrected chi connectivity index (χ0v) is 13.6. The molecule has 3 rings (SSSR count). The van der Waals surface area contributed by atoms with E-state index in [0.717, 1.165) is 24.6 Å². The molecule has 0 aromatic carbocycles. The molecule has 24 heavy (non-hydrogen) atoms. The number of amides is 1. The Labute approximate surface area is 140 Å². The smallest absolute Gasteiger partial charge is 0.256 e. The predicted octanol–water partition coefficient (Wildman–Crippen LogP) is 2.86. The van der Waals surface area contributed by atoms with Gasteiger partial charge in [0, 0.05) is 31.0 Å². The topological polar surface area (TPSA) is 55.3 Å². The van der Waals surface area contributed by atoms with Gasteiger partial charge in [-0.2, -0.15) is 0 Å². The third-order valence-corrected chi connectivity index (χ3v) is 4.32. The third kappa shape index (κ3) is 3.69. The molecule has 0 saturated carbocycles. The summed E-state index contributed by atoms with van der Waals surface area (Å²) in [6, 6.07) is 5.27. The first-order valence-corrected chi connectivity index (χ1v) is 8.08. The van der Waals surface area contributed by atoms with E-state index in [1.54, 1.807) is 11.1 Å². The Bertz CT molecular complexity index is 715. The van der Waals surface area contributed by atoms with Crippen LogP contribution >= 0.6 is 0 Å². The average molecular weight is 329 g/mol. The molecule has 126 valence electrons. The van der Waals surface area contributed by atoms with Crippen LogP contribution in [0.25, 0.3) is 0 Å². The fraction of sp³-hybridized carbons (Fsp3) is 0.389. The minimum atomic E-state index is -0.571. The van der Waals surface area contributed by atoms with Crippen LogP contribution in [-0.4, -0.2) is 40.5 Å². The number of ether oxygens (including phenoxy) is 1. The van der Waals surface area contributed by atoms with Crippen molar-refractivity contribution in [3.05, 3.63) is 53.7 Å². The highest BCUT2D eigenvalue weighted by atomic mass is 19.1. The van der Waals surface area contributed by atoms with Crippen LogP contribution in [0.5, 0.6) is 5.88 Å². The van der Waals surface area contributed by atoms with Gasteiger partial charge in [-0.15, -0.1) is 0 Å². The molecule has 2 aromatic heterocycles. The number of aryl methyl sites for hydroxylation is 1. The molecule has 5 nitrogen and oxygen atoms in total. The number of aromatic nitrogens is 2. The molecule has 6 heteroatoms. The molecule has 0 atom stereocenters. The molecule has 0 bridgehead atoms. The van der Waals surface area contributed by atoms with Crippen molar-refractivity contribution in [2.24, 2.45) is 5.92 Å². The van der Waals surface area contributed by atoms with E-state index in [0.29, 0.717) is 31.5 Å². The van der Waals surface area contributed by atoms with E-state index < -0.39 is 5.82 Å². The van der Waals surface area contributed by atoms with Gasteiger partial charge in [0.05, 0.1) is 18.4 Å².